The van der Waals surface area contributed by atoms with Crippen molar-refractivity contribution in [1.82, 2.24) is 0 Å². The average molecular weight is 653 g/mol. The number of nitrogens with zero attached hydrogens (tertiary/aromatic N) is 2. The third kappa shape index (κ3) is 7.08. The van der Waals surface area contributed by atoms with Crippen LogP contribution >= 0.6 is 0 Å². The normalized spacial score (nSPS) is 13.0. The number of para-hydroxylation sites is 4. The van der Waals surface area contributed by atoms with E-state index >= 15 is 0 Å². The van der Waals surface area contributed by atoms with E-state index in [1.165, 1.54) is 24.3 Å². The molecule has 242 valence electrons. The van der Waals surface area contributed by atoms with Crippen LogP contribution in [0.15, 0.2) is 170 Å². The molecule has 2 atom stereocenters. The first-order valence-electron chi connectivity index (χ1n) is 15.2. The lowest BCUT2D eigenvalue weighted by Gasteiger charge is -2.32. The fourth-order valence-electron chi connectivity index (χ4n) is 6.00. The highest BCUT2D eigenvalue weighted by molar-refractivity contribution is 5.77. The zero-order valence-corrected chi connectivity index (χ0v) is 25.5. The number of anilines is 6. The van der Waals surface area contributed by atoms with Crippen LogP contribution in [-0.2, 0) is 0 Å². The molecular weight excluding hydrogens is 622 g/mol. The highest BCUT2D eigenvalue weighted by atomic mass is 19.4. The molecule has 0 aliphatic heterocycles. The molecule has 0 heterocycles. The Morgan fingerprint density at radius 1 is 0.292 bits per heavy atom. The van der Waals surface area contributed by atoms with Crippen LogP contribution in [0.25, 0.3) is 0 Å². The molecule has 6 rings (SSSR count). The molecule has 0 bridgehead atoms. The predicted octanol–water partition coefficient (Wildman–Crippen LogP) is 12.6. The van der Waals surface area contributed by atoms with Crippen molar-refractivity contribution in [2.45, 2.75) is 24.2 Å². The Morgan fingerprint density at radius 3 is 0.708 bits per heavy atom. The van der Waals surface area contributed by atoms with Gasteiger partial charge in [0.25, 0.3) is 0 Å². The average Bonchev–Trinajstić information content (AvgIpc) is 3.09. The Labute approximate surface area is 275 Å². The molecule has 0 fully saturated rings. The van der Waals surface area contributed by atoms with Crippen LogP contribution < -0.4 is 9.80 Å². The fraction of sp³-hybridized carbons (Fsp3) is 0.100. The lowest BCUT2D eigenvalue weighted by molar-refractivity contribution is -0.211. The number of benzene rings is 6. The van der Waals surface area contributed by atoms with E-state index in [4.69, 9.17) is 0 Å². The van der Waals surface area contributed by atoms with Crippen molar-refractivity contribution in [2.24, 2.45) is 0 Å². The first-order valence-corrected chi connectivity index (χ1v) is 15.2. The van der Waals surface area contributed by atoms with Gasteiger partial charge in [-0.1, -0.05) is 97.1 Å². The zero-order valence-electron chi connectivity index (χ0n) is 25.5. The molecule has 0 aliphatic rings. The monoisotopic (exact) mass is 652 g/mol. The van der Waals surface area contributed by atoms with E-state index in [1.807, 2.05) is 131 Å². The Bertz CT molecular complexity index is 1660. The second-order valence-electron chi connectivity index (χ2n) is 11.2. The Morgan fingerprint density at radius 2 is 0.500 bits per heavy atom. The molecule has 0 amide bonds. The van der Waals surface area contributed by atoms with Crippen LogP contribution in [0.5, 0.6) is 0 Å². The number of hydrogen-bond acceptors (Lipinski definition) is 2. The van der Waals surface area contributed by atoms with Gasteiger partial charge in [-0.3, -0.25) is 0 Å². The lowest BCUT2D eigenvalue weighted by Crippen LogP contribution is -2.35. The molecule has 8 heteroatoms. The van der Waals surface area contributed by atoms with Crippen molar-refractivity contribution in [3.8, 4) is 0 Å². The van der Waals surface area contributed by atoms with Crippen molar-refractivity contribution in [1.29, 1.82) is 0 Å². The minimum atomic E-state index is -5.20. The van der Waals surface area contributed by atoms with E-state index in [9.17, 15) is 26.3 Å². The smallest absolute Gasteiger partial charge is 0.311 e. The summed E-state index contributed by atoms with van der Waals surface area (Å²) in [5.41, 5.74) is 3.05. The van der Waals surface area contributed by atoms with E-state index in [-0.39, 0.29) is 0 Å². The van der Waals surface area contributed by atoms with Gasteiger partial charge in [0.2, 0.25) is 0 Å². The van der Waals surface area contributed by atoms with Crippen LogP contribution in [0.3, 0.4) is 0 Å². The van der Waals surface area contributed by atoms with Crippen LogP contribution in [0, 0.1) is 0 Å². The molecule has 0 aromatic heterocycles. The summed E-state index contributed by atoms with van der Waals surface area (Å²) in [5.74, 6) is -5.67. The first kappa shape index (κ1) is 32.4. The summed E-state index contributed by atoms with van der Waals surface area (Å²) in [7, 11) is 0. The Balaban J connectivity index is 1.39. The second kappa shape index (κ2) is 13.7. The first-order chi connectivity index (χ1) is 23.1. The van der Waals surface area contributed by atoms with Gasteiger partial charge in [0, 0.05) is 34.1 Å². The standard InChI is InChI=1S/C40H30F6N2/c41-39(42,43)37(29-21-25-35(26-22-29)47(31-13-5-1-6-14-31)32-15-7-2-8-16-32)38(40(44,45)46)30-23-27-36(28-24-30)48(33-17-9-3-10-18-33)34-19-11-4-12-20-34/h1-28,37-38H. The van der Waals surface area contributed by atoms with Crippen LogP contribution in [-0.4, -0.2) is 12.4 Å². The second-order valence-corrected chi connectivity index (χ2v) is 11.2. The maximum atomic E-state index is 14.8. The van der Waals surface area contributed by atoms with Gasteiger partial charge in [0.1, 0.15) is 0 Å². The molecule has 0 N–H and O–H groups in total. The SMILES string of the molecule is FC(F)(F)C(c1ccc(N(c2ccccc2)c2ccccc2)cc1)C(c1ccc(N(c2ccccc2)c2ccccc2)cc1)C(F)(F)F. The Hall–Kier alpha value is -5.50. The highest BCUT2D eigenvalue weighted by Crippen LogP contribution is 2.53. The maximum Gasteiger partial charge on any atom is 0.396 e. The molecule has 0 saturated carbocycles. The molecule has 6 aromatic rings. The highest BCUT2D eigenvalue weighted by Gasteiger charge is 2.56. The van der Waals surface area contributed by atoms with Gasteiger partial charge in [-0.25, -0.2) is 0 Å². The van der Waals surface area contributed by atoms with Gasteiger partial charge in [0.15, 0.2) is 0 Å². The molecule has 0 saturated heterocycles. The van der Waals surface area contributed by atoms with E-state index in [0.717, 1.165) is 47.0 Å². The number of rotatable bonds is 9. The molecule has 48 heavy (non-hydrogen) atoms. The van der Waals surface area contributed by atoms with Crippen molar-refractivity contribution < 1.29 is 26.3 Å². The summed E-state index contributed by atoms with van der Waals surface area (Å²) in [6, 6.07) is 47.1. The summed E-state index contributed by atoms with van der Waals surface area (Å²) in [6.45, 7) is 0. The van der Waals surface area contributed by atoms with Gasteiger partial charge >= 0.3 is 12.4 Å². The van der Waals surface area contributed by atoms with E-state index < -0.39 is 35.3 Å². The minimum absolute atomic E-state index is 0.478. The van der Waals surface area contributed by atoms with Gasteiger partial charge < -0.3 is 9.80 Å². The molecule has 0 aliphatic carbocycles. The van der Waals surface area contributed by atoms with Gasteiger partial charge in [-0.2, -0.15) is 26.3 Å². The topological polar surface area (TPSA) is 6.48 Å². The number of alkyl halides is 6. The third-order valence-corrected chi connectivity index (χ3v) is 8.12. The van der Waals surface area contributed by atoms with Crippen LogP contribution in [0.2, 0.25) is 0 Å². The third-order valence-electron chi connectivity index (χ3n) is 8.12. The molecule has 2 nitrogen and oxygen atoms in total. The maximum absolute atomic E-state index is 14.8. The summed E-state index contributed by atoms with van der Waals surface area (Å²) < 4.78 is 88.8. The minimum Gasteiger partial charge on any atom is -0.311 e. The molecular formula is C40H30F6N2. The quantitative estimate of drug-likeness (QED) is 0.143. The van der Waals surface area contributed by atoms with Gasteiger partial charge in [-0.15, -0.1) is 0 Å². The number of halogens is 6. The summed E-state index contributed by atoms with van der Waals surface area (Å²) in [6.07, 6.45) is -10.4. The molecule has 2 unspecified atom stereocenters. The molecule has 0 radical (unpaired) electrons. The van der Waals surface area contributed by atoms with Crippen molar-refractivity contribution in [3.05, 3.63) is 181 Å². The largest absolute Gasteiger partial charge is 0.396 e. The summed E-state index contributed by atoms with van der Waals surface area (Å²) >= 11 is 0. The van der Waals surface area contributed by atoms with Crippen molar-refractivity contribution >= 4 is 34.1 Å². The van der Waals surface area contributed by atoms with E-state index in [1.54, 1.807) is 0 Å². The molecule has 6 aromatic carbocycles. The summed E-state index contributed by atoms with van der Waals surface area (Å²) in [4.78, 5) is 3.66. The Kier molecular flexibility index (Phi) is 9.26. The zero-order chi connectivity index (χ0) is 33.7. The molecule has 0 spiro atoms. The van der Waals surface area contributed by atoms with Crippen molar-refractivity contribution in [2.75, 3.05) is 9.80 Å². The lowest BCUT2D eigenvalue weighted by atomic mass is 9.80. The van der Waals surface area contributed by atoms with Gasteiger partial charge in [0.05, 0.1) is 11.8 Å². The number of hydrogen-bond donors (Lipinski definition) is 0. The fourth-order valence-corrected chi connectivity index (χ4v) is 6.00. The van der Waals surface area contributed by atoms with Gasteiger partial charge in [-0.05, 0) is 83.9 Å². The summed E-state index contributed by atoms with van der Waals surface area (Å²) in [5, 5.41) is 0. The van der Waals surface area contributed by atoms with Crippen molar-refractivity contribution in [3.63, 3.8) is 0 Å². The van der Waals surface area contributed by atoms with E-state index in [0.29, 0.717) is 11.4 Å². The predicted molar refractivity (Wildman–Crippen MR) is 180 cm³/mol. The van der Waals surface area contributed by atoms with Crippen LogP contribution in [0.1, 0.15) is 23.0 Å². The van der Waals surface area contributed by atoms with E-state index in [2.05, 4.69) is 0 Å². The van der Waals surface area contributed by atoms with Crippen LogP contribution in [0.4, 0.5) is 60.5 Å².